The summed E-state index contributed by atoms with van der Waals surface area (Å²) in [5.41, 5.74) is 1.24. The predicted octanol–water partition coefficient (Wildman–Crippen LogP) is 2.91. The summed E-state index contributed by atoms with van der Waals surface area (Å²) < 4.78 is 5.77. The van der Waals surface area contributed by atoms with E-state index in [-0.39, 0.29) is 0 Å². The fourth-order valence-electron chi connectivity index (χ4n) is 1.92. The topological polar surface area (TPSA) is 24.5 Å². The molecular formula is C15H26N2O. The van der Waals surface area contributed by atoms with E-state index in [4.69, 9.17) is 4.74 Å². The fraction of sp³-hybridized carbons (Fsp3) is 0.600. The molecule has 0 aromatic heterocycles. The van der Waals surface area contributed by atoms with Crippen molar-refractivity contribution in [2.45, 2.75) is 27.2 Å². The molecule has 0 saturated carbocycles. The van der Waals surface area contributed by atoms with Gasteiger partial charge in [-0.1, -0.05) is 13.0 Å². The summed E-state index contributed by atoms with van der Waals surface area (Å²) in [6, 6.07) is 8.35. The van der Waals surface area contributed by atoms with Gasteiger partial charge in [0.1, 0.15) is 5.75 Å². The van der Waals surface area contributed by atoms with Crippen LogP contribution >= 0.6 is 0 Å². The van der Waals surface area contributed by atoms with Gasteiger partial charge >= 0.3 is 0 Å². The molecule has 0 heterocycles. The molecule has 0 atom stereocenters. The maximum atomic E-state index is 5.77. The van der Waals surface area contributed by atoms with Crippen LogP contribution in [0.15, 0.2) is 24.3 Å². The quantitative estimate of drug-likeness (QED) is 0.682. The number of nitrogens with one attached hydrogen (secondary N) is 1. The molecule has 18 heavy (non-hydrogen) atoms. The van der Waals surface area contributed by atoms with Crippen LogP contribution < -0.4 is 15.0 Å². The first-order chi connectivity index (χ1) is 8.81. The van der Waals surface area contributed by atoms with Crippen molar-refractivity contribution in [1.29, 1.82) is 0 Å². The minimum Gasteiger partial charge on any atom is -0.493 e. The summed E-state index contributed by atoms with van der Waals surface area (Å²) in [6.45, 7) is 11.3. The number of hydrogen-bond acceptors (Lipinski definition) is 3. The van der Waals surface area contributed by atoms with Crippen LogP contribution in [0.4, 0.5) is 5.69 Å². The summed E-state index contributed by atoms with van der Waals surface area (Å²) in [7, 11) is 0. The van der Waals surface area contributed by atoms with Gasteiger partial charge in [0, 0.05) is 24.8 Å². The molecule has 3 heteroatoms. The summed E-state index contributed by atoms with van der Waals surface area (Å²) in [4.78, 5) is 2.32. The monoisotopic (exact) mass is 250 g/mol. The minimum atomic E-state index is 0.773. The van der Waals surface area contributed by atoms with Crippen molar-refractivity contribution in [3.63, 3.8) is 0 Å². The summed E-state index contributed by atoms with van der Waals surface area (Å²) in [6.07, 6.45) is 1.04. The Balaban J connectivity index is 2.44. The molecule has 0 aliphatic carbocycles. The van der Waals surface area contributed by atoms with E-state index in [2.05, 4.69) is 49.2 Å². The molecule has 0 bridgehead atoms. The fourth-order valence-corrected chi connectivity index (χ4v) is 1.92. The highest BCUT2D eigenvalue weighted by atomic mass is 16.5. The van der Waals surface area contributed by atoms with Gasteiger partial charge in [0.25, 0.3) is 0 Å². The Bertz CT molecular complexity index is 324. The second kappa shape index (κ2) is 8.81. The van der Waals surface area contributed by atoms with Gasteiger partial charge in [-0.15, -0.1) is 0 Å². The van der Waals surface area contributed by atoms with E-state index >= 15 is 0 Å². The molecular weight excluding hydrogens is 224 g/mol. The molecule has 0 radical (unpaired) electrons. The van der Waals surface area contributed by atoms with E-state index in [0.29, 0.717) is 0 Å². The van der Waals surface area contributed by atoms with Gasteiger partial charge in [-0.25, -0.2) is 0 Å². The third-order valence-electron chi connectivity index (χ3n) is 2.96. The van der Waals surface area contributed by atoms with Gasteiger partial charge in [0.2, 0.25) is 0 Å². The maximum Gasteiger partial charge on any atom is 0.121 e. The van der Waals surface area contributed by atoms with Crippen LogP contribution in [-0.2, 0) is 0 Å². The van der Waals surface area contributed by atoms with Crippen molar-refractivity contribution in [1.82, 2.24) is 5.32 Å². The van der Waals surface area contributed by atoms with Crippen LogP contribution in [0.2, 0.25) is 0 Å². The van der Waals surface area contributed by atoms with Gasteiger partial charge in [0.05, 0.1) is 6.61 Å². The van der Waals surface area contributed by atoms with Crippen molar-refractivity contribution < 1.29 is 4.74 Å². The lowest BCUT2D eigenvalue weighted by Crippen LogP contribution is -2.21. The molecule has 1 rings (SSSR count). The van der Waals surface area contributed by atoms with Crippen molar-refractivity contribution in [2.24, 2.45) is 0 Å². The largest absolute Gasteiger partial charge is 0.493 e. The molecule has 0 aliphatic rings. The van der Waals surface area contributed by atoms with Crippen LogP contribution in [0.3, 0.4) is 0 Å². The number of hydrogen-bond donors (Lipinski definition) is 1. The molecule has 0 spiro atoms. The predicted molar refractivity (Wildman–Crippen MR) is 78.7 cm³/mol. The Morgan fingerprint density at radius 3 is 2.61 bits per heavy atom. The second-order valence-electron chi connectivity index (χ2n) is 4.23. The number of nitrogens with zero attached hydrogens (tertiary/aromatic N) is 1. The molecule has 0 amide bonds. The van der Waals surface area contributed by atoms with Crippen molar-refractivity contribution >= 4 is 5.69 Å². The van der Waals surface area contributed by atoms with Gasteiger partial charge in [-0.3, -0.25) is 0 Å². The summed E-state index contributed by atoms with van der Waals surface area (Å²) in [5, 5.41) is 3.29. The third-order valence-corrected chi connectivity index (χ3v) is 2.96. The lowest BCUT2D eigenvalue weighted by atomic mass is 10.2. The molecule has 3 nitrogen and oxygen atoms in total. The number of benzene rings is 1. The smallest absolute Gasteiger partial charge is 0.121 e. The highest BCUT2D eigenvalue weighted by Crippen LogP contribution is 2.20. The first-order valence-electron chi connectivity index (χ1n) is 7.00. The molecule has 1 aromatic carbocycles. The van der Waals surface area contributed by atoms with Crippen LogP contribution in [0.5, 0.6) is 5.75 Å². The lowest BCUT2D eigenvalue weighted by Gasteiger charge is -2.21. The maximum absolute atomic E-state index is 5.77. The van der Waals surface area contributed by atoms with E-state index in [1.165, 1.54) is 5.69 Å². The molecule has 1 aromatic rings. The Kier molecular flexibility index (Phi) is 7.26. The Morgan fingerprint density at radius 2 is 1.94 bits per heavy atom. The van der Waals surface area contributed by atoms with Crippen molar-refractivity contribution in [2.75, 3.05) is 37.7 Å². The van der Waals surface area contributed by atoms with E-state index in [9.17, 15) is 0 Å². The summed E-state index contributed by atoms with van der Waals surface area (Å²) in [5.74, 6) is 0.968. The first-order valence-corrected chi connectivity index (χ1v) is 7.00. The Hall–Kier alpha value is -1.22. The molecule has 0 aliphatic heterocycles. The zero-order valence-electron chi connectivity index (χ0n) is 11.9. The average Bonchev–Trinajstić information content (AvgIpc) is 2.40. The van der Waals surface area contributed by atoms with Crippen molar-refractivity contribution in [3.8, 4) is 5.75 Å². The van der Waals surface area contributed by atoms with E-state index < -0.39 is 0 Å². The zero-order valence-corrected chi connectivity index (χ0v) is 11.9. The van der Waals surface area contributed by atoms with Gasteiger partial charge in [0.15, 0.2) is 0 Å². The van der Waals surface area contributed by atoms with Crippen LogP contribution in [0.1, 0.15) is 27.2 Å². The summed E-state index contributed by atoms with van der Waals surface area (Å²) >= 11 is 0. The number of rotatable bonds is 9. The van der Waals surface area contributed by atoms with Crippen LogP contribution in [-0.4, -0.2) is 32.8 Å². The minimum absolute atomic E-state index is 0.773. The van der Waals surface area contributed by atoms with Gasteiger partial charge < -0.3 is 15.0 Å². The van der Waals surface area contributed by atoms with Crippen molar-refractivity contribution in [3.05, 3.63) is 24.3 Å². The molecule has 102 valence electrons. The number of ether oxygens (including phenoxy) is 1. The highest BCUT2D eigenvalue weighted by Gasteiger charge is 2.02. The standard InChI is InChI=1S/C15H26N2O/c1-4-16-11-8-12-18-15-10-7-9-14(13-15)17(5-2)6-3/h7,9-10,13,16H,4-6,8,11-12H2,1-3H3. The molecule has 0 saturated heterocycles. The Labute approximate surface area is 111 Å². The number of anilines is 1. The zero-order chi connectivity index (χ0) is 13.2. The van der Waals surface area contributed by atoms with Gasteiger partial charge in [-0.2, -0.15) is 0 Å². The second-order valence-corrected chi connectivity index (χ2v) is 4.23. The van der Waals surface area contributed by atoms with E-state index in [1.807, 2.05) is 6.07 Å². The highest BCUT2D eigenvalue weighted by molar-refractivity contribution is 5.50. The first kappa shape index (κ1) is 14.8. The Morgan fingerprint density at radius 1 is 1.17 bits per heavy atom. The molecule has 1 N–H and O–H groups in total. The average molecular weight is 250 g/mol. The van der Waals surface area contributed by atoms with Gasteiger partial charge in [-0.05, 0) is 45.5 Å². The molecule has 0 unspecified atom stereocenters. The normalized spacial score (nSPS) is 10.4. The van der Waals surface area contributed by atoms with Crippen LogP contribution in [0.25, 0.3) is 0 Å². The molecule has 0 fully saturated rings. The lowest BCUT2D eigenvalue weighted by molar-refractivity contribution is 0.309. The third kappa shape index (κ3) is 4.96. The van der Waals surface area contributed by atoms with E-state index in [0.717, 1.165) is 45.0 Å². The SMILES string of the molecule is CCNCCCOc1cccc(N(CC)CC)c1. The van der Waals surface area contributed by atoms with Crippen LogP contribution in [0, 0.1) is 0 Å². The van der Waals surface area contributed by atoms with E-state index in [1.54, 1.807) is 0 Å².